The van der Waals surface area contributed by atoms with Crippen LogP contribution < -0.4 is 10.6 Å². The highest BCUT2D eigenvalue weighted by Gasteiger charge is 2.32. The van der Waals surface area contributed by atoms with Gasteiger partial charge in [-0.1, -0.05) is 22.0 Å². The summed E-state index contributed by atoms with van der Waals surface area (Å²) >= 11 is 3.42. The summed E-state index contributed by atoms with van der Waals surface area (Å²) in [4.78, 5) is 13.9. The number of amides is 1. The van der Waals surface area contributed by atoms with Crippen LogP contribution in [0.2, 0.25) is 0 Å². The maximum atomic E-state index is 12.1. The van der Waals surface area contributed by atoms with Gasteiger partial charge in [-0.15, -0.1) is 0 Å². The van der Waals surface area contributed by atoms with Gasteiger partial charge in [-0.05, 0) is 38.0 Å². The molecule has 86 valence electrons. The summed E-state index contributed by atoms with van der Waals surface area (Å²) in [6, 6.07) is 6.03. The Morgan fingerprint density at radius 3 is 2.81 bits per heavy atom. The van der Waals surface area contributed by atoms with Gasteiger partial charge in [0.2, 0.25) is 5.91 Å². The van der Waals surface area contributed by atoms with Gasteiger partial charge in [0.1, 0.15) is 0 Å². The Kier molecular flexibility index (Phi) is 2.80. The summed E-state index contributed by atoms with van der Waals surface area (Å²) in [6.07, 6.45) is 0.907. The maximum Gasteiger partial charge on any atom is 0.246 e. The van der Waals surface area contributed by atoms with Gasteiger partial charge in [-0.25, -0.2) is 0 Å². The van der Waals surface area contributed by atoms with Gasteiger partial charge in [0, 0.05) is 16.7 Å². The smallest absolute Gasteiger partial charge is 0.246 e. The van der Waals surface area contributed by atoms with Crippen LogP contribution in [0, 0.1) is 0 Å². The van der Waals surface area contributed by atoms with E-state index in [9.17, 15) is 4.79 Å². The van der Waals surface area contributed by atoms with Gasteiger partial charge in [0.25, 0.3) is 0 Å². The summed E-state index contributed by atoms with van der Waals surface area (Å²) in [5, 5.41) is 0. The number of benzene rings is 1. The molecule has 0 spiro atoms. The third-order valence-corrected chi connectivity index (χ3v) is 3.23. The summed E-state index contributed by atoms with van der Waals surface area (Å²) < 4.78 is 0.987. The highest BCUT2D eigenvalue weighted by molar-refractivity contribution is 9.10. The molecule has 0 fully saturated rings. The summed E-state index contributed by atoms with van der Waals surface area (Å²) in [6.45, 7) is 4.21. The highest BCUT2D eigenvalue weighted by Crippen LogP contribution is 2.31. The Bertz CT molecular complexity index is 437. The molecule has 1 aliphatic rings. The van der Waals surface area contributed by atoms with Crippen LogP contribution in [-0.2, 0) is 11.2 Å². The van der Waals surface area contributed by atoms with Crippen LogP contribution in [0.3, 0.4) is 0 Å². The molecule has 2 N–H and O–H groups in total. The molecule has 0 aliphatic carbocycles. The lowest BCUT2D eigenvalue weighted by Gasteiger charge is -2.26. The van der Waals surface area contributed by atoms with Gasteiger partial charge in [0.15, 0.2) is 0 Å². The van der Waals surface area contributed by atoms with E-state index in [1.165, 1.54) is 5.56 Å². The molecule has 1 aromatic rings. The minimum Gasteiger partial charge on any atom is -0.318 e. The van der Waals surface area contributed by atoms with Crippen molar-refractivity contribution in [3.63, 3.8) is 0 Å². The number of hydrogen-bond donors (Lipinski definition) is 1. The zero-order valence-electron chi connectivity index (χ0n) is 9.46. The number of fused-ring (bicyclic) bond motifs is 1. The monoisotopic (exact) mass is 282 g/mol. The van der Waals surface area contributed by atoms with Crippen LogP contribution in [0.25, 0.3) is 0 Å². The molecule has 1 heterocycles. The maximum absolute atomic E-state index is 12.1. The number of halogens is 1. The molecule has 0 radical (unpaired) electrons. The van der Waals surface area contributed by atoms with E-state index in [1.807, 2.05) is 12.1 Å². The molecule has 0 bridgehead atoms. The van der Waals surface area contributed by atoms with Crippen molar-refractivity contribution in [2.75, 3.05) is 11.4 Å². The molecule has 3 nitrogen and oxygen atoms in total. The van der Waals surface area contributed by atoms with Crippen LogP contribution in [0.1, 0.15) is 19.4 Å². The Morgan fingerprint density at radius 2 is 2.19 bits per heavy atom. The van der Waals surface area contributed by atoms with Crippen molar-refractivity contribution in [1.82, 2.24) is 0 Å². The molecular weight excluding hydrogens is 268 g/mol. The molecule has 4 heteroatoms. The first-order valence-electron chi connectivity index (χ1n) is 5.29. The first kappa shape index (κ1) is 11.6. The van der Waals surface area contributed by atoms with Crippen LogP contribution in [-0.4, -0.2) is 18.0 Å². The Labute approximate surface area is 104 Å². The van der Waals surface area contributed by atoms with Gasteiger partial charge in [-0.2, -0.15) is 0 Å². The van der Waals surface area contributed by atoms with Gasteiger partial charge >= 0.3 is 0 Å². The summed E-state index contributed by atoms with van der Waals surface area (Å²) in [5.41, 5.74) is 7.23. The molecular formula is C12H15BrN2O. The Morgan fingerprint density at radius 1 is 1.50 bits per heavy atom. The van der Waals surface area contributed by atoms with E-state index in [0.717, 1.165) is 23.1 Å². The predicted molar refractivity (Wildman–Crippen MR) is 68.5 cm³/mol. The second-order valence-corrected chi connectivity index (χ2v) is 5.62. The zero-order chi connectivity index (χ0) is 11.9. The quantitative estimate of drug-likeness (QED) is 0.857. The van der Waals surface area contributed by atoms with Gasteiger partial charge in [-0.3, -0.25) is 4.79 Å². The van der Waals surface area contributed by atoms with Crippen LogP contribution in [0.4, 0.5) is 5.69 Å². The average molecular weight is 283 g/mol. The van der Waals surface area contributed by atoms with Crippen molar-refractivity contribution in [1.29, 1.82) is 0 Å². The van der Waals surface area contributed by atoms with E-state index >= 15 is 0 Å². The Hall–Kier alpha value is -0.870. The number of hydrogen-bond acceptors (Lipinski definition) is 2. The predicted octanol–water partition coefficient (Wildman–Crippen LogP) is 2.08. The number of rotatable bonds is 1. The van der Waals surface area contributed by atoms with Crippen molar-refractivity contribution in [2.24, 2.45) is 5.73 Å². The van der Waals surface area contributed by atoms with Crippen molar-refractivity contribution in [3.8, 4) is 0 Å². The van der Waals surface area contributed by atoms with E-state index in [0.29, 0.717) is 0 Å². The van der Waals surface area contributed by atoms with Crippen LogP contribution in [0.15, 0.2) is 22.7 Å². The number of nitrogens with zero attached hydrogens (tertiary/aromatic N) is 1. The molecule has 1 aliphatic heterocycles. The van der Waals surface area contributed by atoms with Crippen molar-refractivity contribution >= 4 is 27.5 Å². The first-order valence-corrected chi connectivity index (χ1v) is 6.08. The van der Waals surface area contributed by atoms with Crippen molar-refractivity contribution in [3.05, 3.63) is 28.2 Å². The van der Waals surface area contributed by atoms with E-state index in [2.05, 4.69) is 22.0 Å². The normalized spacial score (nSPS) is 15.1. The Balaban J connectivity index is 2.37. The third-order valence-electron chi connectivity index (χ3n) is 2.74. The standard InChI is InChI=1S/C12H15BrN2O/c1-12(2,14)11(16)15-6-5-8-3-4-9(13)7-10(8)15/h3-4,7H,5-6,14H2,1-2H3. The van der Waals surface area contributed by atoms with E-state index in [4.69, 9.17) is 5.73 Å². The van der Waals surface area contributed by atoms with Crippen LogP contribution >= 0.6 is 15.9 Å². The van der Waals surface area contributed by atoms with Crippen LogP contribution in [0.5, 0.6) is 0 Å². The molecule has 0 aromatic heterocycles. The van der Waals surface area contributed by atoms with E-state index in [-0.39, 0.29) is 5.91 Å². The fraction of sp³-hybridized carbons (Fsp3) is 0.417. The lowest BCUT2D eigenvalue weighted by molar-refractivity contribution is -0.122. The molecule has 0 unspecified atom stereocenters. The number of carbonyl (C=O) groups excluding carboxylic acids is 1. The number of anilines is 1. The topological polar surface area (TPSA) is 46.3 Å². The molecule has 1 amide bonds. The SMILES string of the molecule is CC(C)(N)C(=O)N1CCc2ccc(Br)cc21. The molecule has 0 atom stereocenters. The van der Waals surface area contributed by atoms with Crippen molar-refractivity contribution < 1.29 is 4.79 Å². The molecule has 1 aromatic carbocycles. The fourth-order valence-corrected chi connectivity index (χ4v) is 2.26. The van der Waals surface area contributed by atoms with Gasteiger partial charge in [0.05, 0.1) is 5.54 Å². The molecule has 2 rings (SSSR count). The minimum absolute atomic E-state index is 0.0237. The highest BCUT2D eigenvalue weighted by atomic mass is 79.9. The molecule has 16 heavy (non-hydrogen) atoms. The van der Waals surface area contributed by atoms with E-state index in [1.54, 1.807) is 18.7 Å². The summed E-state index contributed by atoms with van der Waals surface area (Å²) in [5.74, 6) is -0.0237. The zero-order valence-corrected chi connectivity index (χ0v) is 11.0. The number of carbonyl (C=O) groups is 1. The largest absolute Gasteiger partial charge is 0.318 e. The second-order valence-electron chi connectivity index (χ2n) is 4.70. The molecule has 0 saturated heterocycles. The fourth-order valence-electron chi connectivity index (χ4n) is 1.91. The lowest BCUT2D eigenvalue weighted by Crippen LogP contribution is -2.50. The first-order chi connectivity index (χ1) is 7.39. The third kappa shape index (κ3) is 1.99. The minimum atomic E-state index is -0.816. The van der Waals surface area contributed by atoms with Gasteiger partial charge < -0.3 is 10.6 Å². The average Bonchev–Trinajstić information content (AvgIpc) is 2.57. The number of nitrogens with two attached hydrogens (primary N) is 1. The van der Waals surface area contributed by atoms with E-state index < -0.39 is 5.54 Å². The second kappa shape index (κ2) is 3.86. The molecule has 0 saturated carbocycles. The summed E-state index contributed by atoms with van der Waals surface area (Å²) in [7, 11) is 0. The van der Waals surface area contributed by atoms with Crippen molar-refractivity contribution in [2.45, 2.75) is 25.8 Å². The lowest BCUT2D eigenvalue weighted by atomic mass is 10.1.